The first kappa shape index (κ1) is 11.9. The molecule has 4 atom stereocenters. The fraction of sp³-hybridized carbons (Fsp3) is 0.500. The maximum atomic E-state index is 10.5. The summed E-state index contributed by atoms with van der Waals surface area (Å²) in [6.07, 6.45) is 2.06. The Balaban J connectivity index is 1.70. The van der Waals surface area contributed by atoms with Gasteiger partial charge in [-0.05, 0) is 48.2 Å². The van der Waals surface area contributed by atoms with Gasteiger partial charge in [-0.15, -0.1) is 0 Å². The molecule has 21 heavy (non-hydrogen) atoms. The fourth-order valence-corrected chi connectivity index (χ4v) is 4.47. The summed E-state index contributed by atoms with van der Waals surface area (Å²) in [7, 11) is 0. The molecular weight excluding hydrogens is 270 g/mol. The third kappa shape index (κ3) is 1.48. The van der Waals surface area contributed by atoms with Gasteiger partial charge >= 0.3 is 0 Å². The highest BCUT2D eigenvalue weighted by molar-refractivity contribution is 5.52. The smallest absolute Gasteiger partial charge is 0.231 e. The topological polar surface area (TPSA) is 62.2 Å². The number of fused-ring (bicyclic) bond motifs is 3. The van der Waals surface area contributed by atoms with E-state index in [0.717, 1.165) is 36.6 Å². The second-order valence-electron chi connectivity index (χ2n) is 6.38. The highest BCUT2D eigenvalue weighted by atomic mass is 16.7. The van der Waals surface area contributed by atoms with E-state index in [4.69, 9.17) is 9.47 Å². The third-order valence-electron chi connectivity index (χ3n) is 5.37. The number of rotatable bonds is 0. The van der Waals surface area contributed by atoms with Gasteiger partial charge in [0.1, 0.15) is 11.9 Å². The highest BCUT2D eigenvalue weighted by Gasteiger charge is 2.50. The van der Waals surface area contributed by atoms with Crippen LogP contribution in [0.25, 0.3) is 0 Å². The Kier molecular flexibility index (Phi) is 2.22. The van der Waals surface area contributed by atoms with Crippen molar-refractivity contribution < 1.29 is 19.7 Å². The molecule has 0 bridgehead atoms. The van der Waals surface area contributed by atoms with Crippen molar-refractivity contribution in [1.82, 2.24) is 4.90 Å². The molecule has 5 nitrogen and oxygen atoms in total. The van der Waals surface area contributed by atoms with E-state index in [1.807, 2.05) is 18.2 Å². The van der Waals surface area contributed by atoms with Gasteiger partial charge in [-0.1, -0.05) is 0 Å². The summed E-state index contributed by atoms with van der Waals surface area (Å²) in [5.41, 5.74) is 2.27. The average Bonchev–Trinajstić information content (AvgIpc) is 3.08. The van der Waals surface area contributed by atoms with Crippen LogP contribution in [-0.4, -0.2) is 40.6 Å². The summed E-state index contributed by atoms with van der Waals surface area (Å²) in [5, 5.41) is 20.6. The van der Waals surface area contributed by atoms with E-state index >= 15 is 0 Å². The Hall–Kier alpha value is -1.72. The lowest BCUT2D eigenvalue weighted by atomic mass is 9.72. The van der Waals surface area contributed by atoms with Crippen LogP contribution in [0.5, 0.6) is 11.5 Å². The lowest BCUT2D eigenvalue weighted by Crippen LogP contribution is -2.48. The molecule has 110 valence electrons. The minimum Gasteiger partial charge on any atom is -0.510 e. The molecule has 1 saturated heterocycles. The van der Waals surface area contributed by atoms with Crippen molar-refractivity contribution in [3.63, 3.8) is 0 Å². The van der Waals surface area contributed by atoms with Crippen molar-refractivity contribution in [1.29, 1.82) is 0 Å². The molecule has 3 aliphatic heterocycles. The van der Waals surface area contributed by atoms with Crippen LogP contribution in [-0.2, 0) is 6.54 Å². The monoisotopic (exact) mass is 287 g/mol. The lowest BCUT2D eigenvalue weighted by Gasteiger charge is -2.44. The van der Waals surface area contributed by atoms with Crippen molar-refractivity contribution in [3.8, 4) is 11.5 Å². The average molecular weight is 287 g/mol. The summed E-state index contributed by atoms with van der Waals surface area (Å²) in [5.74, 6) is 1.90. The summed E-state index contributed by atoms with van der Waals surface area (Å²) >= 11 is 0. The second-order valence-corrected chi connectivity index (χ2v) is 6.38. The zero-order valence-electron chi connectivity index (χ0n) is 11.5. The van der Waals surface area contributed by atoms with Gasteiger partial charge in [0.15, 0.2) is 11.5 Å². The normalized spacial score (nSPS) is 36.1. The number of ether oxygens (including phenoxy) is 2. The van der Waals surface area contributed by atoms with Crippen LogP contribution < -0.4 is 9.47 Å². The Bertz CT molecular complexity index is 656. The first-order valence-corrected chi connectivity index (χ1v) is 7.47. The summed E-state index contributed by atoms with van der Waals surface area (Å²) in [4.78, 5) is 2.42. The van der Waals surface area contributed by atoms with Gasteiger partial charge in [-0.2, -0.15) is 0 Å². The highest BCUT2D eigenvalue weighted by Crippen LogP contribution is 2.50. The van der Waals surface area contributed by atoms with Crippen LogP contribution in [0, 0.1) is 5.92 Å². The molecular formula is C16H17NO4. The summed E-state index contributed by atoms with van der Waals surface area (Å²) in [6.45, 7) is 2.15. The molecule has 0 radical (unpaired) electrons. The van der Waals surface area contributed by atoms with Crippen molar-refractivity contribution in [2.45, 2.75) is 31.0 Å². The molecule has 3 heterocycles. The number of hydrogen-bond donors (Lipinski definition) is 2. The number of benzene rings is 1. The van der Waals surface area contributed by atoms with E-state index in [0.29, 0.717) is 5.92 Å². The van der Waals surface area contributed by atoms with Crippen LogP contribution in [0.4, 0.5) is 0 Å². The number of aliphatic hydroxyl groups excluding tert-OH is 2. The molecule has 2 N–H and O–H groups in total. The van der Waals surface area contributed by atoms with E-state index in [9.17, 15) is 10.2 Å². The van der Waals surface area contributed by atoms with Crippen LogP contribution in [0.2, 0.25) is 0 Å². The number of hydrogen-bond acceptors (Lipinski definition) is 5. The molecule has 0 spiro atoms. The van der Waals surface area contributed by atoms with Crippen LogP contribution in [0.3, 0.4) is 0 Å². The Morgan fingerprint density at radius 1 is 1.19 bits per heavy atom. The molecule has 1 aromatic rings. The molecule has 5 heteroatoms. The van der Waals surface area contributed by atoms with Crippen LogP contribution in [0.15, 0.2) is 24.0 Å². The van der Waals surface area contributed by atoms with Crippen LogP contribution in [0.1, 0.15) is 23.5 Å². The van der Waals surface area contributed by atoms with Crippen molar-refractivity contribution in [2.75, 3.05) is 13.3 Å². The van der Waals surface area contributed by atoms with Gasteiger partial charge in [-0.3, -0.25) is 4.90 Å². The molecule has 1 aliphatic carbocycles. The Labute approximate surface area is 122 Å². The maximum Gasteiger partial charge on any atom is 0.231 e. The van der Waals surface area contributed by atoms with Gasteiger partial charge in [0.25, 0.3) is 0 Å². The van der Waals surface area contributed by atoms with Crippen molar-refractivity contribution in [2.24, 2.45) is 5.92 Å². The zero-order chi connectivity index (χ0) is 14.1. The zero-order valence-corrected chi connectivity index (χ0v) is 11.5. The van der Waals surface area contributed by atoms with E-state index < -0.39 is 6.10 Å². The summed E-state index contributed by atoms with van der Waals surface area (Å²) in [6, 6.07) is 4.31. The standard InChI is InChI=1S/C16H17NO4/c18-11-3-8-1-2-17-6-9-4-12-13(21-7-20-12)5-10(9)14(15(8)17)16(11)19/h3-5,8,14-16,18-19H,1-2,6-7H2. The largest absolute Gasteiger partial charge is 0.510 e. The van der Waals surface area contributed by atoms with E-state index in [1.54, 1.807) is 0 Å². The van der Waals surface area contributed by atoms with Crippen molar-refractivity contribution >= 4 is 0 Å². The summed E-state index contributed by atoms with van der Waals surface area (Å²) < 4.78 is 10.9. The van der Waals surface area contributed by atoms with E-state index in [-0.39, 0.29) is 24.5 Å². The predicted octanol–water partition coefficient (Wildman–Crippen LogP) is 1.52. The minimum atomic E-state index is -0.828. The predicted molar refractivity (Wildman–Crippen MR) is 74.3 cm³/mol. The molecule has 1 fully saturated rings. The third-order valence-corrected chi connectivity index (χ3v) is 5.37. The van der Waals surface area contributed by atoms with E-state index in [2.05, 4.69) is 4.90 Å². The fourth-order valence-electron chi connectivity index (χ4n) is 4.47. The molecule has 5 rings (SSSR count). The molecule has 0 amide bonds. The molecule has 1 aromatic carbocycles. The quantitative estimate of drug-likeness (QED) is 0.757. The van der Waals surface area contributed by atoms with Gasteiger partial charge in [0.2, 0.25) is 6.79 Å². The molecule has 0 aromatic heterocycles. The van der Waals surface area contributed by atoms with Gasteiger partial charge in [0, 0.05) is 18.5 Å². The van der Waals surface area contributed by atoms with Crippen LogP contribution >= 0.6 is 0 Å². The second kappa shape index (κ2) is 3.93. The van der Waals surface area contributed by atoms with E-state index in [1.165, 1.54) is 5.56 Å². The Morgan fingerprint density at radius 3 is 2.86 bits per heavy atom. The van der Waals surface area contributed by atoms with Gasteiger partial charge in [-0.25, -0.2) is 0 Å². The number of aliphatic hydroxyl groups is 2. The van der Waals surface area contributed by atoms with Crippen molar-refractivity contribution in [3.05, 3.63) is 35.1 Å². The lowest BCUT2D eigenvalue weighted by molar-refractivity contribution is 0.0516. The maximum absolute atomic E-state index is 10.5. The Morgan fingerprint density at radius 2 is 2.00 bits per heavy atom. The molecule has 0 saturated carbocycles. The molecule has 4 unspecified atom stereocenters. The van der Waals surface area contributed by atoms with Gasteiger partial charge in [0.05, 0.1) is 0 Å². The van der Waals surface area contributed by atoms with Gasteiger partial charge < -0.3 is 19.7 Å². The first-order chi connectivity index (χ1) is 10.2. The number of nitrogens with zero attached hydrogens (tertiary/aromatic N) is 1. The molecule has 4 aliphatic rings. The SMILES string of the molecule is OC1=CC2CCN3Cc4cc5c(cc4C(C1O)C23)OCO5. The minimum absolute atomic E-state index is 0.0826. The first-order valence-electron chi connectivity index (χ1n) is 7.47.